The van der Waals surface area contributed by atoms with E-state index >= 15 is 0 Å². The lowest BCUT2D eigenvalue weighted by molar-refractivity contribution is -0.385. The van der Waals surface area contributed by atoms with Crippen molar-refractivity contribution in [2.24, 2.45) is 5.92 Å². The fraction of sp³-hybridized carbons (Fsp3) is 0.562. The smallest absolute Gasteiger partial charge is 0.315 e. The van der Waals surface area contributed by atoms with Gasteiger partial charge in [0.1, 0.15) is 0 Å². The molecule has 7 nitrogen and oxygen atoms in total. The molecule has 1 aromatic carbocycles. The molecule has 0 heterocycles. The third-order valence-corrected chi connectivity index (χ3v) is 4.34. The zero-order valence-electron chi connectivity index (χ0n) is 13.0. The highest BCUT2D eigenvalue weighted by Crippen LogP contribution is 2.23. The second kappa shape index (κ2) is 8.47. The summed E-state index contributed by atoms with van der Waals surface area (Å²) >= 11 is 0. The molecule has 1 fully saturated rings. The van der Waals surface area contributed by atoms with E-state index < -0.39 is 4.92 Å². The Hall–Kier alpha value is -2.15. The van der Waals surface area contributed by atoms with Crippen LogP contribution in [0.3, 0.4) is 0 Å². The van der Waals surface area contributed by atoms with Gasteiger partial charge in [0, 0.05) is 30.2 Å². The minimum Gasteiger partial charge on any atom is -0.396 e. The number of hydrogen-bond acceptors (Lipinski definition) is 4. The normalized spacial score (nSPS) is 21.3. The zero-order chi connectivity index (χ0) is 16.7. The van der Waals surface area contributed by atoms with Gasteiger partial charge in [0.15, 0.2) is 0 Å². The molecule has 0 aliphatic heterocycles. The molecule has 1 aliphatic carbocycles. The van der Waals surface area contributed by atoms with Crippen molar-refractivity contribution in [2.45, 2.75) is 44.7 Å². The van der Waals surface area contributed by atoms with Crippen LogP contribution >= 0.6 is 0 Å². The van der Waals surface area contributed by atoms with Gasteiger partial charge in [-0.05, 0) is 12.8 Å². The van der Waals surface area contributed by atoms with E-state index in [1.807, 2.05) is 0 Å². The van der Waals surface area contributed by atoms with Gasteiger partial charge in [-0.3, -0.25) is 10.1 Å². The number of amides is 2. The number of rotatable bonds is 5. The molecule has 0 spiro atoms. The van der Waals surface area contributed by atoms with E-state index in [0.717, 1.165) is 32.1 Å². The predicted molar refractivity (Wildman–Crippen MR) is 85.9 cm³/mol. The van der Waals surface area contributed by atoms with Gasteiger partial charge in [0.25, 0.3) is 5.69 Å². The lowest BCUT2D eigenvalue weighted by Gasteiger charge is -2.24. The molecule has 1 saturated carbocycles. The van der Waals surface area contributed by atoms with Gasteiger partial charge in [-0.15, -0.1) is 0 Å². The maximum absolute atomic E-state index is 12.1. The topological polar surface area (TPSA) is 104 Å². The molecule has 0 bridgehead atoms. The van der Waals surface area contributed by atoms with Crippen molar-refractivity contribution >= 4 is 11.7 Å². The molecule has 23 heavy (non-hydrogen) atoms. The van der Waals surface area contributed by atoms with Crippen LogP contribution in [0.15, 0.2) is 24.3 Å². The van der Waals surface area contributed by atoms with E-state index in [2.05, 4.69) is 10.6 Å². The summed E-state index contributed by atoms with van der Waals surface area (Å²) < 4.78 is 0. The van der Waals surface area contributed by atoms with Gasteiger partial charge in [-0.2, -0.15) is 0 Å². The van der Waals surface area contributed by atoms with E-state index in [4.69, 9.17) is 0 Å². The summed E-state index contributed by atoms with van der Waals surface area (Å²) in [5.74, 6) is 0.0781. The number of aliphatic hydroxyl groups is 1. The van der Waals surface area contributed by atoms with Crippen molar-refractivity contribution in [3.05, 3.63) is 39.9 Å². The summed E-state index contributed by atoms with van der Waals surface area (Å²) in [6.45, 7) is 0.161. The Balaban J connectivity index is 1.91. The largest absolute Gasteiger partial charge is 0.396 e. The van der Waals surface area contributed by atoms with Crippen molar-refractivity contribution in [3.63, 3.8) is 0 Å². The average molecular weight is 321 g/mol. The van der Waals surface area contributed by atoms with E-state index in [-0.39, 0.29) is 36.8 Å². The second-order valence-electron chi connectivity index (χ2n) is 5.90. The highest BCUT2D eigenvalue weighted by Gasteiger charge is 2.24. The third-order valence-electron chi connectivity index (χ3n) is 4.34. The number of carbonyl (C=O) groups is 1. The standard InChI is InChI=1S/C16H23N3O4/c20-11-13-7-2-1-3-8-14(13)18-16(21)17-10-12-6-4-5-9-15(12)19(22)23/h4-6,9,13-14,20H,1-3,7-8,10-11H2,(H2,17,18,21). The maximum Gasteiger partial charge on any atom is 0.315 e. The van der Waals surface area contributed by atoms with Crippen LogP contribution in [-0.4, -0.2) is 28.7 Å². The number of urea groups is 1. The first kappa shape index (κ1) is 17.2. The molecule has 0 aromatic heterocycles. The van der Waals surface area contributed by atoms with Crippen LogP contribution in [0.5, 0.6) is 0 Å². The Labute approximate surface area is 135 Å². The fourth-order valence-electron chi connectivity index (χ4n) is 3.03. The van der Waals surface area contributed by atoms with E-state index in [1.165, 1.54) is 6.07 Å². The molecule has 0 radical (unpaired) electrons. The summed E-state index contributed by atoms with van der Waals surface area (Å²) in [5.41, 5.74) is 0.461. The van der Waals surface area contributed by atoms with E-state index in [9.17, 15) is 20.0 Å². The molecule has 2 unspecified atom stereocenters. The molecule has 1 aliphatic rings. The summed E-state index contributed by atoms with van der Waals surface area (Å²) in [6, 6.07) is 5.94. The quantitative estimate of drug-likeness (QED) is 0.440. The predicted octanol–water partition coefficient (Wildman–Crippen LogP) is 2.34. The Morgan fingerprint density at radius 1 is 1.26 bits per heavy atom. The molecule has 2 amide bonds. The number of nitro groups is 1. The summed E-state index contributed by atoms with van der Waals surface area (Å²) in [5, 5.41) is 26.0. The summed E-state index contributed by atoms with van der Waals surface area (Å²) in [6.07, 6.45) is 4.98. The monoisotopic (exact) mass is 321 g/mol. The third kappa shape index (κ3) is 4.92. The van der Waals surface area contributed by atoms with Crippen LogP contribution in [0.1, 0.15) is 37.7 Å². The lowest BCUT2D eigenvalue weighted by atomic mass is 9.96. The molecule has 126 valence electrons. The lowest BCUT2D eigenvalue weighted by Crippen LogP contribution is -2.45. The van der Waals surface area contributed by atoms with Crippen molar-refractivity contribution in [2.75, 3.05) is 6.61 Å². The van der Waals surface area contributed by atoms with E-state index in [1.54, 1.807) is 18.2 Å². The Bertz CT molecular complexity index is 550. The molecule has 3 N–H and O–H groups in total. The molecule has 7 heteroatoms. The number of nitrogens with one attached hydrogen (secondary N) is 2. The van der Waals surface area contributed by atoms with Gasteiger partial charge >= 0.3 is 6.03 Å². The van der Waals surface area contributed by atoms with Crippen LogP contribution in [0, 0.1) is 16.0 Å². The van der Waals surface area contributed by atoms with Gasteiger partial charge in [-0.25, -0.2) is 4.79 Å². The number of nitro benzene ring substituents is 1. The number of para-hydroxylation sites is 1. The molecule has 0 saturated heterocycles. The number of carbonyl (C=O) groups excluding carboxylic acids is 1. The average Bonchev–Trinajstić information content (AvgIpc) is 2.78. The maximum atomic E-state index is 12.1. The van der Waals surface area contributed by atoms with Crippen LogP contribution in [0.2, 0.25) is 0 Å². The first-order chi connectivity index (χ1) is 11.1. The highest BCUT2D eigenvalue weighted by molar-refractivity contribution is 5.74. The van der Waals surface area contributed by atoms with Crippen LogP contribution in [-0.2, 0) is 6.54 Å². The van der Waals surface area contributed by atoms with Crippen LogP contribution in [0.25, 0.3) is 0 Å². The first-order valence-electron chi connectivity index (χ1n) is 7.99. The number of benzene rings is 1. The number of hydrogen-bond donors (Lipinski definition) is 3. The number of aliphatic hydroxyl groups excluding tert-OH is 1. The van der Waals surface area contributed by atoms with Gasteiger partial charge in [0.2, 0.25) is 0 Å². The van der Waals surface area contributed by atoms with Crippen molar-refractivity contribution in [1.82, 2.24) is 10.6 Å². The SMILES string of the molecule is O=C(NCc1ccccc1[N+](=O)[O-])NC1CCCCCC1CO. The fourth-order valence-corrected chi connectivity index (χ4v) is 3.03. The molecule has 1 aromatic rings. The Morgan fingerprint density at radius 3 is 2.74 bits per heavy atom. The summed E-state index contributed by atoms with van der Waals surface area (Å²) in [4.78, 5) is 22.6. The highest BCUT2D eigenvalue weighted by atomic mass is 16.6. The van der Waals surface area contributed by atoms with Gasteiger partial charge < -0.3 is 15.7 Å². The van der Waals surface area contributed by atoms with Crippen LogP contribution < -0.4 is 10.6 Å². The molecule has 2 rings (SSSR count). The van der Waals surface area contributed by atoms with Crippen LogP contribution in [0.4, 0.5) is 10.5 Å². The minimum atomic E-state index is -0.456. The first-order valence-corrected chi connectivity index (χ1v) is 7.99. The van der Waals surface area contributed by atoms with Crippen molar-refractivity contribution < 1.29 is 14.8 Å². The molecular weight excluding hydrogens is 298 g/mol. The van der Waals surface area contributed by atoms with Crippen molar-refractivity contribution in [1.29, 1.82) is 0 Å². The minimum absolute atomic E-state index is 0.00417. The summed E-state index contributed by atoms with van der Waals surface area (Å²) in [7, 11) is 0. The number of nitrogens with zero attached hydrogens (tertiary/aromatic N) is 1. The Morgan fingerprint density at radius 2 is 2.00 bits per heavy atom. The Kier molecular flexibility index (Phi) is 6.34. The van der Waals surface area contributed by atoms with Gasteiger partial charge in [-0.1, -0.05) is 37.5 Å². The zero-order valence-corrected chi connectivity index (χ0v) is 13.0. The second-order valence-corrected chi connectivity index (χ2v) is 5.90. The van der Waals surface area contributed by atoms with Crippen molar-refractivity contribution in [3.8, 4) is 0 Å². The van der Waals surface area contributed by atoms with Gasteiger partial charge in [0.05, 0.1) is 11.5 Å². The van der Waals surface area contributed by atoms with E-state index in [0.29, 0.717) is 5.56 Å². The molecular formula is C16H23N3O4. The molecule has 2 atom stereocenters.